The standard InChI is InChI=1S/C27H33F3N6O3/c1-15-14-35(4)7-6-8-36(15)26(37)39-24-12-21-22(13-23(24)38-5)33-17(3)34-25(21)32-16(2)18-9-19(27(28,29)30)11-20(31)10-18/h9-13,15-16H,6-8,14,31H2,1-5H3,(H,32,33,34)/t15?,16-/m1/s1. The zero-order valence-electron chi connectivity index (χ0n) is 22.6. The molecule has 1 aliphatic rings. The van der Waals surface area contributed by atoms with E-state index >= 15 is 0 Å². The van der Waals surface area contributed by atoms with E-state index in [9.17, 15) is 18.0 Å². The first-order valence-electron chi connectivity index (χ1n) is 12.6. The van der Waals surface area contributed by atoms with E-state index in [1.54, 1.807) is 30.9 Å². The van der Waals surface area contributed by atoms with Gasteiger partial charge in [-0.05, 0) is 70.6 Å². The Morgan fingerprint density at radius 2 is 1.90 bits per heavy atom. The first kappa shape index (κ1) is 28.2. The lowest BCUT2D eigenvalue weighted by Gasteiger charge is -2.27. The summed E-state index contributed by atoms with van der Waals surface area (Å²) < 4.78 is 51.4. The van der Waals surface area contributed by atoms with Gasteiger partial charge in [-0.15, -0.1) is 0 Å². The molecular formula is C27H33F3N6O3. The maximum atomic E-state index is 13.4. The average molecular weight is 547 g/mol. The lowest BCUT2D eigenvalue weighted by molar-refractivity contribution is -0.137. The van der Waals surface area contributed by atoms with Crippen LogP contribution in [0.5, 0.6) is 11.5 Å². The summed E-state index contributed by atoms with van der Waals surface area (Å²) >= 11 is 0. The first-order chi connectivity index (χ1) is 18.3. The topological polar surface area (TPSA) is 106 Å². The van der Waals surface area contributed by atoms with Gasteiger partial charge < -0.3 is 30.3 Å². The van der Waals surface area contributed by atoms with Crippen LogP contribution in [-0.4, -0.2) is 65.7 Å². The number of nitrogens with zero attached hydrogens (tertiary/aromatic N) is 4. The summed E-state index contributed by atoms with van der Waals surface area (Å²) in [6.07, 6.45) is -4.20. The highest BCUT2D eigenvalue weighted by atomic mass is 19.4. The predicted molar refractivity (Wildman–Crippen MR) is 143 cm³/mol. The Morgan fingerprint density at radius 1 is 1.15 bits per heavy atom. The summed E-state index contributed by atoms with van der Waals surface area (Å²) in [6.45, 7) is 7.56. The van der Waals surface area contributed by atoms with Crippen LogP contribution in [0, 0.1) is 6.92 Å². The summed E-state index contributed by atoms with van der Waals surface area (Å²) in [7, 11) is 3.48. The fraction of sp³-hybridized carbons (Fsp3) is 0.444. The number of halogens is 3. The molecule has 4 rings (SSSR count). The maximum Gasteiger partial charge on any atom is 0.416 e. The fourth-order valence-electron chi connectivity index (χ4n) is 4.78. The number of nitrogen functional groups attached to an aromatic ring is 1. The number of alkyl halides is 3. The lowest BCUT2D eigenvalue weighted by atomic mass is 10.0. The molecular weight excluding hydrogens is 513 g/mol. The van der Waals surface area contributed by atoms with Crippen LogP contribution in [0.25, 0.3) is 10.9 Å². The Hall–Kier alpha value is -3.80. The van der Waals surface area contributed by atoms with Crippen LogP contribution in [0.3, 0.4) is 0 Å². The van der Waals surface area contributed by atoms with Crippen molar-refractivity contribution in [2.75, 3.05) is 44.8 Å². The van der Waals surface area contributed by atoms with E-state index in [2.05, 4.69) is 20.2 Å². The first-order valence-corrected chi connectivity index (χ1v) is 12.6. The molecule has 210 valence electrons. The minimum absolute atomic E-state index is 0.00470. The number of ether oxygens (including phenoxy) is 2. The Morgan fingerprint density at radius 3 is 2.59 bits per heavy atom. The number of aryl methyl sites for hydroxylation is 1. The van der Waals surface area contributed by atoms with Gasteiger partial charge in [0, 0.05) is 36.3 Å². The van der Waals surface area contributed by atoms with Gasteiger partial charge >= 0.3 is 12.3 Å². The highest BCUT2D eigenvalue weighted by molar-refractivity contribution is 5.92. The third-order valence-corrected chi connectivity index (χ3v) is 6.73. The molecule has 1 amide bonds. The number of hydrogen-bond donors (Lipinski definition) is 2. The summed E-state index contributed by atoms with van der Waals surface area (Å²) in [5.41, 5.74) is 5.80. The molecule has 0 bridgehead atoms. The molecule has 1 unspecified atom stereocenters. The van der Waals surface area contributed by atoms with Crippen molar-refractivity contribution in [2.45, 2.75) is 45.5 Å². The van der Waals surface area contributed by atoms with Crippen molar-refractivity contribution in [2.24, 2.45) is 0 Å². The largest absolute Gasteiger partial charge is 0.493 e. The number of carbonyl (C=O) groups excluding carboxylic acids is 1. The smallest absolute Gasteiger partial charge is 0.416 e. The van der Waals surface area contributed by atoms with Gasteiger partial charge in [-0.25, -0.2) is 14.8 Å². The Balaban J connectivity index is 1.68. The highest BCUT2D eigenvalue weighted by Gasteiger charge is 2.32. The molecule has 3 N–H and O–H groups in total. The van der Waals surface area contributed by atoms with E-state index in [0.29, 0.717) is 40.4 Å². The van der Waals surface area contributed by atoms with E-state index in [0.717, 1.165) is 31.6 Å². The molecule has 2 heterocycles. The number of aromatic nitrogens is 2. The van der Waals surface area contributed by atoms with Gasteiger partial charge in [-0.3, -0.25) is 0 Å². The molecule has 1 fully saturated rings. The number of rotatable bonds is 5. The SMILES string of the molecule is COc1cc2nc(C)nc(N[C@H](C)c3cc(N)cc(C(F)(F)F)c3)c2cc1OC(=O)N1CCCN(C)CC1C. The number of nitrogens with two attached hydrogens (primary N) is 1. The number of methoxy groups -OCH3 is 1. The maximum absolute atomic E-state index is 13.4. The molecule has 1 saturated heterocycles. The summed E-state index contributed by atoms with van der Waals surface area (Å²) in [6, 6.07) is 6.06. The van der Waals surface area contributed by atoms with Crippen LogP contribution in [0.15, 0.2) is 30.3 Å². The van der Waals surface area contributed by atoms with E-state index in [4.69, 9.17) is 15.2 Å². The van der Waals surface area contributed by atoms with Gasteiger partial charge in [0.05, 0.1) is 24.2 Å². The number of amides is 1. The number of likely N-dealkylation sites (N-methyl/N-ethyl adjacent to an activating group) is 1. The van der Waals surface area contributed by atoms with E-state index in [-0.39, 0.29) is 17.5 Å². The van der Waals surface area contributed by atoms with Crippen molar-refractivity contribution in [3.05, 3.63) is 47.3 Å². The van der Waals surface area contributed by atoms with Crippen molar-refractivity contribution in [1.82, 2.24) is 19.8 Å². The minimum Gasteiger partial charge on any atom is -0.493 e. The lowest BCUT2D eigenvalue weighted by Crippen LogP contribution is -2.43. The Labute approximate surface area is 225 Å². The fourth-order valence-corrected chi connectivity index (χ4v) is 4.78. The van der Waals surface area contributed by atoms with Gasteiger partial charge in [0.25, 0.3) is 0 Å². The van der Waals surface area contributed by atoms with Crippen LogP contribution in [0.4, 0.5) is 29.5 Å². The van der Waals surface area contributed by atoms with Gasteiger partial charge in [-0.2, -0.15) is 13.2 Å². The van der Waals surface area contributed by atoms with Gasteiger partial charge in [0.15, 0.2) is 11.5 Å². The molecule has 3 aromatic rings. The average Bonchev–Trinajstić information content (AvgIpc) is 3.02. The minimum atomic E-state index is -4.53. The number of benzene rings is 2. The van der Waals surface area contributed by atoms with Crippen molar-refractivity contribution in [3.8, 4) is 11.5 Å². The van der Waals surface area contributed by atoms with Crippen molar-refractivity contribution >= 4 is 28.5 Å². The van der Waals surface area contributed by atoms with Crippen LogP contribution in [-0.2, 0) is 6.18 Å². The van der Waals surface area contributed by atoms with E-state index < -0.39 is 23.9 Å². The van der Waals surface area contributed by atoms with Crippen molar-refractivity contribution < 1.29 is 27.4 Å². The molecule has 2 aromatic carbocycles. The van der Waals surface area contributed by atoms with E-state index in [1.807, 2.05) is 14.0 Å². The van der Waals surface area contributed by atoms with Crippen molar-refractivity contribution in [1.29, 1.82) is 0 Å². The normalized spacial score (nSPS) is 17.5. The zero-order valence-corrected chi connectivity index (χ0v) is 22.6. The Kier molecular flexibility index (Phi) is 8.05. The number of fused-ring (bicyclic) bond motifs is 1. The molecule has 12 heteroatoms. The van der Waals surface area contributed by atoms with Gasteiger partial charge in [-0.1, -0.05) is 0 Å². The quantitative estimate of drug-likeness (QED) is 0.419. The molecule has 1 aromatic heterocycles. The van der Waals surface area contributed by atoms with Crippen molar-refractivity contribution in [3.63, 3.8) is 0 Å². The summed E-state index contributed by atoms with van der Waals surface area (Å²) in [4.78, 5) is 26.0. The molecule has 0 spiro atoms. The second-order valence-electron chi connectivity index (χ2n) is 9.92. The second-order valence-corrected chi connectivity index (χ2v) is 9.92. The number of carbonyl (C=O) groups is 1. The predicted octanol–water partition coefficient (Wildman–Crippen LogP) is 5.25. The Bertz CT molecular complexity index is 1370. The molecule has 0 saturated carbocycles. The number of nitrogens with one attached hydrogen (secondary N) is 1. The molecule has 9 nitrogen and oxygen atoms in total. The molecule has 39 heavy (non-hydrogen) atoms. The van der Waals surface area contributed by atoms with Crippen LogP contribution in [0.2, 0.25) is 0 Å². The monoisotopic (exact) mass is 546 g/mol. The third kappa shape index (κ3) is 6.44. The number of anilines is 2. The molecule has 2 atom stereocenters. The highest BCUT2D eigenvalue weighted by Crippen LogP contribution is 2.37. The molecule has 0 radical (unpaired) electrons. The summed E-state index contributed by atoms with van der Waals surface area (Å²) in [5, 5.41) is 3.69. The second kappa shape index (κ2) is 11.1. The van der Waals surface area contributed by atoms with Crippen LogP contribution in [0.1, 0.15) is 43.3 Å². The summed E-state index contributed by atoms with van der Waals surface area (Å²) in [5.74, 6) is 1.31. The third-order valence-electron chi connectivity index (χ3n) is 6.73. The molecule has 1 aliphatic heterocycles. The zero-order chi connectivity index (χ0) is 28.5. The van der Waals surface area contributed by atoms with Crippen LogP contribution < -0.4 is 20.5 Å². The number of hydrogen-bond acceptors (Lipinski definition) is 8. The molecule has 0 aliphatic carbocycles. The van der Waals surface area contributed by atoms with Gasteiger partial charge in [0.1, 0.15) is 11.6 Å². The van der Waals surface area contributed by atoms with Crippen LogP contribution >= 0.6 is 0 Å². The van der Waals surface area contributed by atoms with E-state index in [1.165, 1.54) is 13.2 Å². The van der Waals surface area contributed by atoms with Gasteiger partial charge in [0.2, 0.25) is 0 Å².